The average molecular weight is 273 g/mol. The van der Waals surface area contributed by atoms with Gasteiger partial charge in [0, 0.05) is 25.1 Å². The maximum atomic E-state index is 4.54. The van der Waals surface area contributed by atoms with Gasteiger partial charge in [0.15, 0.2) is 0 Å². The van der Waals surface area contributed by atoms with Crippen LogP contribution < -0.4 is 0 Å². The van der Waals surface area contributed by atoms with Crippen molar-refractivity contribution < 1.29 is 0 Å². The number of H-pyrrole nitrogens is 1. The summed E-state index contributed by atoms with van der Waals surface area (Å²) < 4.78 is 2.28. The first kappa shape index (κ1) is 13.4. The fourth-order valence-electron chi connectivity index (χ4n) is 3.10. The molecule has 5 heteroatoms. The van der Waals surface area contributed by atoms with Gasteiger partial charge in [-0.3, -0.25) is 10.00 Å². The number of piperidine rings is 1. The first-order chi connectivity index (χ1) is 9.88. The van der Waals surface area contributed by atoms with E-state index in [9.17, 15) is 0 Å². The number of rotatable bonds is 5. The van der Waals surface area contributed by atoms with Gasteiger partial charge >= 0.3 is 0 Å². The average Bonchev–Trinajstić information content (AvgIpc) is 3.12. The molecule has 3 rings (SSSR count). The molecular formula is C15H23N5. The molecule has 0 radical (unpaired) electrons. The molecule has 0 aliphatic carbocycles. The molecule has 0 aromatic carbocycles. The Balaban J connectivity index is 1.75. The lowest BCUT2D eigenvalue weighted by molar-refractivity contribution is 0.132. The van der Waals surface area contributed by atoms with Gasteiger partial charge in [-0.05, 0) is 31.9 Å². The van der Waals surface area contributed by atoms with Gasteiger partial charge in [0.1, 0.15) is 5.82 Å². The Morgan fingerprint density at radius 3 is 3.10 bits per heavy atom. The zero-order valence-electron chi connectivity index (χ0n) is 12.1. The molecule has 108 valence electrons. The number of hydrogen-bond donors (Lipinski definition) is 1. The van der Waals surface area contributed by atoms with Crippen LogP contribution in [0.15, 0.2) is 24.7 Å². The molecule has 1 atom stereocenters. The summed E-state index contributed by atoms with van der Waals surface area (Å²) in [5.74, 6) is 1.18. The lowest BCUT2D eigenvalue weighted by Crippen LogP contribution is -2.34. The van der Waals surface area contributed by atoms with E-state index < -0.39 is 0 Å². The lowest BCUT2D eigenvalue weighted by atomic mass is 9.99. The SMILES string of the molecule is CCCn1ccnc1CN1CCCCC1c1ccn[nH]1. The minimum absolute atomic E-state index is 0.457. The number of imidazole rings is 1. The number of hydrogen-bond acceptors (Lipinski definition) is 3. The first-order valence-corrected chi connectivity index (χ1v) is 7.62. The fraction of sp³-hybridized carbons (Fsp3) is 0.600. The van der Waals surface area contributed by atoms with Crippen LogP contribution in [0.4, 0.5) is 0 Å². The molecule has 5 nitrogen and oxygen atoms in total. The number of likely N-dealkylation sites (tertiary alicyclic amines) is 1. The van der Waals surface area contributed by atoms with E-state index in [2.05, 4.69) is 43.8 Å². The van der Waals surface area contributed by atoms with Crippen LogP contribution in [0, 0.1) is 0 Å². The quantitative estimate of drug-likeness (QED) is 0.911. The third-order valence-corrected chi connectivity index (χ3v) is 4.11. The van der Waals surface area contributed by atoms with Crippen molar-refractivity contribution in [3.05, 3.63) is 36.2 Å². The minimum Gasteiger partial charge on any atom is -0.334 e. The Morgan fingerprint density at radius 2 is 2.30 bits per heavy atom. The van der Waals surface area contributed by atoms with Crippen LogP contribution in [0.1, 0.15) is 50.2 Å². The van der Waals surface area contributed by atoms with Crippen molar-refractivity contribution in [1.29, 1.82) is 0 Å². The summed E-state index contributed by atoms with van der Waals surface area (Å²) in [7, 11) is 0. The summed E-state index contributed by atoms with van der Waals surface area (Å²) >= 11 is 0. The molecule has 0 saturated carbocycles. The Labute approximate surface area is 120 Å². The van der Waals surface area contributed by atoms with Crippen LogP contribution in [-0.2, 0) is 13.1 Å². The highest BCUT2D eigenvalue weighted by atomic mass is 15.2. The molecule has 0 amide bonds. The second-order valence-corrected chi connectivity index (χ2v) is 5.53. The monoisotopic (exact) mass is 273 g/mol. The third kappa shape index (κ3) is 2.77. The predicted octanol–water partition coefficient (Wildman–Crippen LogP) is 2.74. The zero-order chi connectivity index (χ0) is 13.8. The highest BCUT2D eigenvalue weighted by Gasteiger charge is 2.25. The van der Waals surface area contributed by atoms with Gasteiger partial charge in [-0.1, -0.05) is 13.3 Å². The standard InChI is InChI=1S/C15H23N5/c1-2-9-19-11-8-16-15(19)12-20-10-4-3-5-14(20)13-6-7-17-18-13/h6-8,11,14H,2-5,9-10,12H2,1H3,(H,17,18). The molecule has 0 spiro atoms. The minimum atomic E-state index is 0.457. The molecule has 1 fully saturated rings. The van der Waals surface area contributed by atoms with Gasteiger partial charge in [0.05, 0.1) is 18.3 Å². The summed E-state index contributed by atoms with van der Waals surface area (Å²) in [6.45, 7) is 5.33. The van der Waals surface area contributed by atoms with E-state index in [0.717, 1.165) is 26.1 Å². The van der Waals surface area contributed by atoms with Crippen LogP contribution in [0.5, 0.6) is 0 Å². The van der Waals surface area contributed by atoms with E-state index in [1.165, 1.54) is 30.8 Å². The van der Waals surface area contributed by atoms with Gasteiger partial charge in [-0.15, -0.1) is 0 Å². The molecule has 3 heterocycles. The smallest absolute Gasteiger partial charge is 0.122 e. The van der Waals surface area contributed by atoms with Crippen LogP contribution in [-0.4, -0.2) is 31.2 Å². The number of aromatic nitrogens is 4. The van der Waals surface area contributed by atoms with E-state index in [1.54, 1.807) is 0 Å². The van der Waals surface area contributed by atoms with Crippen LogP contribution in [0.25, 0.3) is 0 Å². The molecule has 1 N–H and O–H groups in total. The van der Waals surface area contributed by atoms with Crippen molar-refractivity contribution in [2.24, 2.45) is 0 Å². The van der Waals surface area contributed by atoms with Crippen molar-refractivity contribution in [1.82, 2.24) is 24.6 Å². The number of nitrogens with zero attached hydrogens (tertiary/aromatic N) is 4. The molecule has 1 aliphatic heterocycles. The highest BCUT2D eigenvalue weighted by Crippen LogP contribution is 2.30. The fourth-order valence-corrected chi connectivity index (χ4v) is 3.10. The van der Waals surface area contributed by atoms with Gasteiger partial charge in [0.25, 0.3) is 0 Å². The molecule has 2 aromatic rings. The van der Waals surface area contributed by atoms with Crippen molar-refractivity contribution >= 4 is 0 Å². The number of nitrogens with one attached hydrogen (secondary N) is 1. The summed E-state index contributed by atoms with van der Waals surface area (Å²) in [6.07, 6.45) is 10.8. The molecule has 20 heavy (non-hydrogen) atoms. The topological polar surface area (TPSA) is 49.7 Å². The Hall–Kier alpha value is -1.62. The summed E-state index contributed by atoms with van der Waals surface area (Å²) in [5, 5.41) is 7.24. The van der Waals surface area contributed by atoms with E-state index >= 15 is 0 Å². The highest BCUT2D eigenvalue weighted by molar-refractivity contribution is 5.07. The Morgan fingerprint density at radius 1 is 1.35 bits per heavy atom. The predicted molar refractivity (Wildman–Crippen MR) is 78.1 cm³/mol. The van der Waals surface area contributed by atoms with Crippen molar-refractivity contribution in [3.63, 3.8) is 0 Å². The van der Waals surface area contributed by atoms with Gasteiger partial charge < -0.3 is 4.57 Å². The van der Waals surface area contributed by atoms with Gasteiger partial charge in [0.2, 0.25) is 0 Å². The van der Waals surface area contributed by atoms with Gasteiger partial charge in [-0.25, -0.2) is 4.98 Å². The summed E-state index contributed by atoms with van der Waals surface area (Å²) in [4.78, 5) is 7.07. The van der Waals surface area contributed by atoms with Crippen LogP contribution in [0.2, 0.25) is 0 Å². The van der Waals surface area contributed by atoms with Crippen LogP contribution >= 0.6 is 0 Å². The van der Waals surface area contributed by atoms with Crippen molar-refractivity contribution in [2.45, 2.75) is 51.7 Å². The number of aryl methyl sites for hydroxylation is 1. The van der Waals surface area contributed by atoms with E-state index in [0.29, 0.717) is 6.04 Å². The molecule has 2 aromatic heterocycles. The molecule has 1 unspecified atom stereocenters. The molecule has 0 bridgehead atoms. The summed E-state index contributed by atoms with van der Waals surface area (Å²) in [5.41, 5.74) is 1.23. The third-order valence-electron chi connectivity index (χ3n) is 4.11. The summed E-state index contributed by atoms with van der Waals surface area (Å²) in [6, 6.07) is 2.56. The van der Waals surface area contributed by atoms with E-state index in [1.807, 2.05) is 12.4 Å². The molecule has 1 saturated heterocycles. The second kappa shape index (κ2) is 6.22. The zero-order valence-corrected chi connectivity index (χ0v) is 12.1. The Bertz CT molecular complexity index is 516. The maximum Gasteiger partial charge on any atom is 0.122 e. The first-order valence-electron chi connectivity index (χ1n) is 7.62. The number of aromatic amines is 1. The maximum absolute atomic E-state index is 4.54. The van der Waals surface area contributed by atoms with Crippen LogP contribution in [0.3, 0.4) is 0 Å². The molecular weight excluding hydrogens is 250 g/mol. The lowest BCUT2D eigenvalue weighted by Gasteiger charge is -2.34. The van der Waals surface area contributed by atoms with E-state index in [-0.39, 0.29) is 0 Å². The normalized spacial score (nSPS) is 20.4. The van der Waals surface area contributed by atoms with Crippen molar-refractivity contribution in [3.8, 4) is 0 Å². The molecule has 1 aliphatic rings. The van der Waals surface area contributed by atoms with E-state index in [4.69, 9.17) is 0 Å². The van der Waals surface area contributed by atoms with Crippen molar-refractivity contribution in [2.75, 3.05) is 6.54 Å². The second-order valence-electron chi connectivity index (χ2n) is 5.53. The largest absolute Gasteiger partial charge is 0.334 e. The van der Waals surface area contributed by atoms with Gasteiger partial charge in [-0.2, -0.15) is 5.10 Å². The Kier molecular flexibility index (Phi) is 4.16.